The Bertz CT molecular complexity index is 536. The third-order valence-corrected chi connectivity index (χ3v) is 3.52. The highest BCUT2D eigenvalue weighted by molar-refractivity contribution is 6.42. The van der Waals surface area contributed by atoms with E-state index in [0.717, 1.165) is 23.6 Å². The zero-order valence-corrected chi connectivity index (χ0v) is 11.8. The van der Waals surface area contributed by atoms with Crippen LogP contribution in [0, 0.1) is 6.92 Å². The Morgan fingerprint density at radius 2 is 1.94 bits per heavy atom. The fraction of sp³-hybridized carbons (Fsp3) is 0.286. The summed E-state index contributed by atoms with van der Waals surface area (Å²) in [5, 5.41) is 4.54. The highest BCUT2D eigenvalue weighted by atomic mass is 35.5. The molecule has 1 aromatic carbocycles. The van der Waals surface area contributed by atoms with E-state index in [2.05, 4.69) is 12.2 Å². The molecule has 96 valence electrons. The average molecular weight is 284 g/mol. The van der Waals surface area contributed by atoms with Crippen molar-refractivity contribution in [1.82, 2.24) is 5.32 Å². The first-order valence-electron chi connectivity index (χ1n) is 5.80. The Morgan fingerprint density at radius 1 is 1.17 bits per heavy atom. The lowest BCUT2D eigenvalue weighted by Crippen LogP contribution is -2.17. The van der Waals surface area contributed by atoms with Gasteiger partial charge >= 0.3 is 0 Å². The van der Waals surface area contributed by atoms with Crippen LogP contribution in [0.5, 0.6) is 0 Å². The lowest BCUT2D eigenvalue weighted by atomic mass is 10.2. The fourth-order valence-electron chi connectivity index (χ4n) is 1.71. The summed E-state index contributed by atoms with van der Waals surface area (Å²) in [5.74, 6) is 1.86. The van der Waals surface area contributed by atoms with E-state index in [1.807, 2.05) is 37.3 Å². The molecule has 0 unspecified atom stereocenters. The summed E-state index contributed by atoms with van der Waals surface area (Å²) in [6.07, 6.45) is 0. The van der Waals surface area contributed by atoms with Crippen molar-refractivity contribution in [3.05, 3.63) is 57.5 Å². The normalized spacial score (nSPS) is 12.7. The van der Waals surface area contributed by atoms with E-state index in [4.69, 9.17) is 27.6 Å². The number of nitrogens with one attached hydrogen (secondary N) is 1. The largest absolute Gasteiger partial charge is 0.465 e. The molecule has 0 fully saturated rings. The second kappa shape index (κ2) is 5.79. The second-order valence-corrected chi connectivity index (χ2v) is 5.11. The topological polar surface area (TPSA) is 25.2 Å². The molecule has 4 heteroatoms. The fourth-order valence-corrected chi connectivity index (χ4v) is 2.03. The van der Waals surface area contributed by atoms with E-state index >= 15 is 0 Å². The zero-order valence-electron chi connectivity index (χ0n) is 10.3. The maximum atomic E-state index is 5.97. The van der Waals surface area contributed by atoms with Crippen molar-refractivity contribution in [2.75, 3.05) is 0 Å². The number of hydrogen-bond donors (Lipinski definition) is 1. The van der Waals surface area contributed by atoms with Gasteiger partial charge < -0.3 is 9.73 Å². The van der Waals surface area contributed by atoms with Gasteiger partial charge in [-0.3, -0.25) is 0 Å². The van der Waals surface area contributed by atoms with Gasteiger partial charge in [-0.25, -0.2) is 0 Å². The predicted octanol–water partition coefficient (Wildman–Crippen LogP) is 4.75. The first-order chi connectivity index (χ1) is 8.56. The van der Waals surface area contributed by atoms with Crippen molar-refractivity contribution in [2.24, 2.45) is 0 Å². The van der Waals surface area contributed by atoms with Crippen LogP contribution >= 0.6 is 23.2 Å². The number of rotatable bonds is 4. The van der Waals surface area contributed by atoms with Crippen LogP contribution in [0.25, 0.3) is 0 Å². The SMILES string of the molecule is Cc1ccc([C@@H](C)NCc2ccc(Cl)c(Cl)c2)o1. The molecule has 1 aromatic heterocycles. The molecule has 0 aliphatic heterocycles. The molecule has 0 bridgehead atoms. The molecule has 1 heterocycles. The summed E-state index contributed by atoms with van der Waals surface area (Å²) in [7, 11) is 0. The van der Waals surface area contributed by atoms with Crippen molar-refractivity contribution in [1.29, 1.82) is 0 Å². The van der Waals surface area contributed by atoms with E-state index in [0.29, 0.717) is 10.0 Å². The van der Waals surface area contributed by atoms with Gasteiger partial charge in [0.1, 0.15) is 11.5 Å². The van der Waals surface area contributed by atoms with Crippen LogP contribution < -0.4 is 5.32 Å². The lowest BCUT2D eigenvalue weighted by molar-refractivity contribution is 0.416. The molecular formula is C14H15Cl2NO. The van der Waals surface area contributed by atoms with Crippen LogP contribution in [-0.4, -0.2) is 0 Å². The summed E-state index contributed by atoms with van der Waals surface area (Å²) < 4.78 is 5.57. The predicted molar refractivity (Wildman–Crippen MR) is 75.2 cm³/mol. The Morgan fingerprint density at radius 3 is 2.56 bits per heavy atom. The summed E-state index contributed by atoms with van der Waals surface area (Å²) in [6.45, 7) is 4.72. The first-order valence-corrected chi connectivity index (χ1v) is 6.55. The molecule has 0 spiro atoms. The van der Waals surface area contributed by atoms with Crippen molar-refractivity contribution in [3.8, 4) is 0 Å². The Labute approximate surface area is 117 Å². The molecule has 0 aliphatic carbocycles. The molecule has 18 heavy (non-hydrogen) atoms. The third kappa shape index (κ3) is 3.29. The van der Waals surface area contributed by atoms with Crippen LogP contribution in [0.3, 0.4) is 0 Å². The third-order valence-electron chi connectivity index (χ3n) is 2.78. The van der Waals surface area contributed by atoms with Gasteiger partial charge in [0.2, 0.25) is 0 Å². The average Bonchev–Trinajstić information content (AvgIpc) is 2.77. The molecule has 0 saturated carbocycles. The van der Waals surface area contributed by atoms with Gasteiger partial charge in [0, 0.05) is 6.54 Å². The van der Waals surface area contributed by atoms with Crippen LogP contribution in [0.4, 0.5) is 0 Å². The minimum absolute atomic E-state index is 0.160. The molecule has 0 radical (unpaired) electrons. The van der Waals surface area contributed by atoms with E-state index < -0.39 is 0 Å². The molecular weight excluding hydrogens is 269 g/mol. The number of halogens is 2. The highest BCUT2D eigenvalue weighted by Crippen LogP contribution is 2.23. The van der Waals surface area contributed by atoms with E-state index in [-0.39, 0.29) is 6.04 Å². The summed E-state index contributed by atoms with van der Waals surface area (Å²) in [4.78, 5) is 0. The first kappa shape index (κ1) is 13.5. The van der Waals surface area contributed by atoms with Crippen LogP contribution in [0.2, 0.25) is 10.0 Å². The smallest absolute Gasteiger partial charge is 0.120 e. The second-order valence-electron chi connectivity index (χ2n) is 4.30. The van der Waals surface area contributed by atoms with Gasteiger partial charge in [-0.1, -0.05) is 29.3 Å². The number of furan rings is 1. The van der Waals surface area contributed by atoms with Crippen molar-refractivity contribution >= 4 is 23.2 Å². The van der Waals surface area contributed by atoms with Gasteiger partial charge in [0.05, 0.1) is 16.1 Å². The number of benzene rings is 1. The van der Waals surface area contributed by atoms with Gasteiger partial charge in [0.25, 0.3) is 0 Å². The monoisotopic (exact) mass is 283 g/mol. The maximum absolute atomic E-state index is 5.97. The zero-order chi connectivity index (χ0) is 13.1. The molecule has 2 rings (SSSR count). The van der Waals surface area contributed by atoms with E-state index in [9.17, 15) is 0 Å². The van der Waals surface area contributed by atoms with E-state index in [1.165, 1.54) is 0 Å². The van der Waals surface area contributed by atoms with Gasteiger partial charge in [-0.15, -0.1) is 0 Å². The number of hydrogen-bond acceptors (Lipinski definition) is 2. The molecule has 2 aromatic rings. The number of aryl methyl sites for hydroxylation is 1. The lowest BCUT2D eigenvalue weighted by Gasteiger charge is -2.11. The van der Waals surface area contributed by atoms with Gasteiger partial charge in [-0.05, 0) is 43.7 Å². The summed E-state index contributed by atoms with van der Waals surface area (Å²) in [6, 6.07) is 9.75. The van der Waals surface area contributed by atoms with Crippen molar-refractivity contribution in [2.45, 2.75) is 26.4 Å². The van der Waals surface area contributed by atoms with Crippen LogP contribution in [0.15, 0.2) is 34.7 Å². The Kier molecular flexibility index (Phi) is 4.33. The van der Waals surface area contributed by atoms with E-state index in [1.54, 1.807) is 0 Å². The van der Waals surface area contributed by atoms with Crippen LogP contribution in [-0.2, 0) is 6.54 Å². The van der Waals surface area contributed by atoms with Crippen molar-refractivity contribution in [3.63, 3.8) is 0 Å². The molecule has 0 amide bonds. The molecule has 1 N–H and O–H groups in total. The van der Waals surface area contributed by atoms with Crippen LogP contribution in [0.1, 0.15) is 30.0 Å². The minimum atomic E-state index is 0.160. The van der Waals surface area contributed by atoms with Crippen molar-refractivity contribution < 1.29 is 4.42 Å². The Hall–Kier alpha value is -0.960. The summed E-state index contributed by atoms with van der Waals surface area (Å²) >= 11 is 11.8. The molecule has 1 atom stereocenters. The van der Waals surface area contributed by atoms with Gasteiger partial charge in [0.15, 0.2) is 0 Å². The molecule has 2 nitrogen and oxygen atoms in total. The Balaban J connectivity index is 1.97. The molecule has 0 aliphatic rings. The molecule has 0 saturated heterocycles. The summed E-state index contributed by atoms with van der Waals surface area (Å²) in [5.41, 5.74) is 1.10. The standard InChI is InChI=1S/C14H15Cl2NO/c1-9-3-6-14(18-9)10(2)17-8-11-4-5-12(15)13(16)7-11/h3-7,10,17H,8H2,1-2H3/t10-/m1/s1. The van der Waals surface area contributed by atoms with Gasteiger partial charge in [-0.2, -0.15) is 0 Å². The highest BCUT2D eigenvalue weighted by Gasteiger charge is 2.09. The minimum Gasteiger partial charge on any atom is -0.465 e. The quantitative estimate of drug-likeness (QED) is 0.876. The maximum Gasteiger partial charge on any atom is 0.120 e.